The van der Waals surface area contributed by atoms with Crippen LogP contribution in [0.25, 0.3) is 11.1 Å². The molecule has 1 saturated heterocycles. The van der Waals surface area contributed by atoms with E-state index in [9.17, 15) is 4.79 Å². The van der Waals surface area contributed by atoms with Crippen molar-refractivity contribution in [3.8, 4) is 11.1 Å². The number of amides is 1. The van der Waals surface area contributed by atoms with Crippen molar-refractivity contribution in [2.24, 2.45) is 0 Å². The lowest BCUT2D eigenvalue weighted by molar-refractivity contribution is -0.116. The van der Waals surface area contributed by atoms with E-state index in [4.69, 9.17) is 0 Å². The van der Waals surface area contributed by atoms with Crippen LogP contribution >= 0.6 is 0 Å². The van der Waals surface area contributed by atoms with Crippen LogP contribution in [0.4, 0.5) is 5.69 Å². The predicted molar refractivity (Wildman–Crippen MR) is 131 cm³/mol. The topological polar surface area (TPSA) is 35.6 Å². The van der Waals surface area contributed by atoms with Crippen molar-refractivity contribution in [1.82, 2.24) is 9.80 Å². The maximum atomic E-state index is 12.5. The minimum absolute atomic E-state index is 0.0876. The molecule has 1 fully saturated rings. The number of rotatable bonds is 6. The van der Waals surface area contributed by atoms with Gasteiger partial charge in [-0.2, -0.15) is 0 Å². The molecule has 1 aliphatic heterocycles. The molecule has 1 amide bonds. The van der Waals surface area contributed by atoms with E-state index in [1.807, 2.05) is 30.3 Å². The smallest absolute Gasteiger partial charge is 0.225 e. The quantitative estimate of drug-likeness (QED) is 0.605. The predicted octanol–water partition coefficient (Wildman–Crippen LogP) is 4.99. The molecule has 3 aromatic rings. The highest BCUT2D eigenvalue weighted by Crippen LogP contribution is 2.35. The monoisotopic (exact) mass is 425 g/mol. The third-order valence-corrected chi connectivity index (χ3v) is 6.88. The highest BCUT2D eigenvalue weighted by molar-refractivity contribution is 5.91. The lowest BCUT2D eigenvalue weighted by Crippen LogP contribution is -2.47. The summed E-state index contributed by atoms with van der Waals surface area (Å²) in [5, 5.41) is 3.05. The number of fused-ring (bicyclic) bond motifs is 1. The molecule has 0 radical (unpaired) electrons. The van der Waals surface area contributed by atoms with Gasteiger partial charge in [-0.05, 0) is 47.2 Å². The van der Waals surface area contributed by atoms with Gasteiger partial charge in [0.2, 0.25) is 5.91 Å². The van der Waals surface area contributed by atoms with Crippen LogP contribution < -0.4 is 5.32 Å². The molecule has 0 spiro atoms. The summed E-state index contributed by atoms with van der Waals surface area (Å²) in [6.45, 7) is 5.07. The van der Waals surface area contributed by atoms with E-state index in [2.05, 4.69) is 63.6 Å². The summed E-state index contributed by atoms with van der Waals surface area (Å²) in [6.07, 6.45) is 2.98. The fourth-order valence-electron chi connectivity index (χ4n) is 5.07. The maximum Gasteiger partial charge on any atom is 0.225 e. The Hall–Kier alpha value is -2.95. The molecule has 0 saturated carbocycles. The van der Waals surface area contributed by atoms with Crippen LogP contribution in [0.5, 0.6) is 0 Å². The zero-order chi connectivity index (χ0) is 21.8. The lowest BCUT2D eigenvalue weighted by Gasteiger charge is -2.38. The van der Waals surface area contributed by atoms with Gasteiger partial charge in [-0.3, -0.25) is 9.69 Å². The van der Waals surface area contributed by atoms with E-state index >= 15 is 0 Å². The molecule has 1 N–H and O–H groups in total. The van der Waals surface area contributed by atoms with Gasteiger partial charge in [0.15, 0.2) is 0 Å². The van der Waals surface area contributed by atoms with Crippen LogP contribution in [-0.4, -0.2) is 48.4 Å². The number of nitrogens with one attached hydrogen (secondary N) is 1. The van der Waals surface area contributed by atoms with Crippen molar-refractivity contribution >= 4 is 11.6 Å². The fourth-order valence-corrected chi connectivity index (χ4v) is 5.07. The van der Waals surface area contributed by atoms with Gasteiger partial charge in [-0.25, -0.2) is 0 Å². The largest absolute Gasteiger partial charge is 0.326 e. The summed E-state index contributed by atoms with van der Waals surface area (Å²) in [4.78, 5) is 17.5. The first-order valence-electron chi connectivity index (χ1n) is 11.8. The van der Waals surface area contributed by atoms with Crippen molar-refractivity contribution in [3.05, 3.63) is 90.0 Å². The van der Waals surface area contributed by atoms with E-state index in [0.717, 1.165) is 44.0 Å². The molecule has 0 aromatic heterocycles. The zero-order valence-electron chi connectivity index (χ0n) is 18.5. The molecule has 4 heteroatoms. The number of piperazine rings is 1. The molecule has 2 aliphatic rings. The molecule has 1 unspecified atom stereocenters. The van der Waals surface area contributed by atoms with Crippen LogP contribution in [0.15, 0.2) is 78.9 Å². The molecule has 32 heavy (non-hydrogen) atoms. The number of hydrogen-bond donors (Lipinski definition) is 1. The number of aryl methyl sites for hydroxylation is 1. The minimum Gasteiger partial charge on any atom is -0.326 e. The van der Waals surface area contributed by atoms with Gasteiger partial charge in [0.1, 0.15) is 0 Å². The Labute approximate surface area is 190 Å². The van der Waals surface area contributed by atoms with Gasteiger partial charge in [-0.1, -0.05) is 66.7 Å². The molecule has 0 bridgehead atoms. The van der Waals surface area contributed by atoms with Crippen molar-refractivity contribution in [2.75, 3.05) is 38.0 Å². The van der Waals surface area contributed by atoms with Crippen LogP contribution in [0.3, 0.4) is 0 Å². The summed E-state index contributed by atoms with van der Waals surface area (Å²) in [7, 11) is 0. The maximum absolute atomic E-state index is 12.5. The number of carbonyl (C=O) groups is 1. The van der Waals surface area contributed by atoms with Gasteiger partial charge in [0.05, 0.1) is 0 Å². The summed E-state index contributed by atoms with van der Waals surface area (Å²) in [5.41, 5.74) is 6.25. The van der Waals surface area contributed by atoms with Gasteiger partial charge in [0.25, 0.3) is 0 Å². The van der Waals surface area contributed by atoms with Crippen molar-refractivity contribution in [1.29, 1.82) is 0 Å². The van der Waals surface area contributed by atoms with Crippen LogP contribution in [0.1, 0.15) is 30.0 Å². The van der Waals surface area contributed by atoms with Gasteiger partial charge < -0.3 is 10.2 Å². The SMILES string of the molecule is O=C(CCN1CCN(C2CCc3ccccc32)CC1)Nc1ccc(-c2ccccc2)cc1. The second-order valence-electron chi connectivity index (χ2n) is 8.87. The van der Waals surface area contributed by atoms with Crippen molar-refractivity contribution in [2.45, 2.75) is 25.3 Å². The number of anilines is 1. The molecule has 5 rings (SSSR count). The van der Waals surface area contributed by atoms with Gasteiger partial charge in [0, 0.05) is 50.9 Å². The van der Waals surface area contributed by atoms with Crippen molar-refractivity contribution < 1.29 is 4.79 Å². The molecule has 1 aliphatic carbocycles. The second-order valence-corrected chi connectivity index (χ2v) is 8.87. The summed E-state index contributed by atoms with van der Waals surface area (Å²) >= 11 is 0. The first-order chi connectivity index (χ1) is 15.8. The number of benzene rings is 3. The first-order valence-corrected chi connectivity index (χ1v) is 11.8. The lowest BCUT2D eigenvalue weighted by atomic mass is 10.1. The van der Waals surface area contributed by atoms with Crippen molar-refractivity contribution in [3.63, 3.8) is 0 Å². The Morgan fingerprint density at radius 1 is 0.812 bits per heavy atom. The van der Waals surface area contributed by atoms with Crippen LogP contribution in [-0.2, 0) is 11.2 Å². The first kappa shape index (κ1) is 20.9. The van der Waals surface area contributed by atoms with E-state index in [-0.39, 0.29) is 5.91 Å². The Kier molecular flexibility index (Phi) is 6.33. The average Bonchev–Trinajstić information content (AvgIpc) is 3.28. The zero-order valence-corrected chi connectivity index (χ0v) is 18.5. The van der Waals surface area contributed by atoms with Crippen LogP contribution in [0.2, 0.25) is 0 Å². The summed E-state index contributed by atoms with van der Waals surface area (Å²) < 4.78 is 0. The molecule has 4 nitrogen and oxygen atoms in total. The Balaban J connectivity index is 1.07. The van der Waals surface area contributed by atoms with Crippen LogP contribution in [0, 0.1) is 0 Å². The fraction of sp³-hybridized carbons (Fsp3) is 0.321. The molecular formula is C28H31N3O. The molecule has 164 valence electrons. The molecule has 1 heterocycles. The van der Waals surface area contributed by atoms with Gasteiger partial charge >= 0.3 is 0 Å². The Morgan fingerprint density at radius 3 is 2.28 bits per heavy atom. The van der Waals surface area contributed by atoms with E-state index in [0.29, 0.717) is 12.5 Å². The molecule has 1 atom stereocenters. The van der Waals surface area contributed by atoms with E-state index < -0.39 is 0 Å². The molecule has 3 aromatic carbocycles. The standard InChI is InChI=1S/C28H31N3O/c32-28(29-25-13-10-23(11-14-25)22-6-2-1-3-7-22)16-17-30-18-20-31(21-19-30)27-15-12-24-8-4-5-9-26(24)27/h1-11,13-14,27H,12,15-21H2,(H,29,32). The number of hydrogen-bond acceptors (Lipinski definition) is 3. The molecular weight excluding hydrogens is 394 g/mol. The highest BCUT2D eigenvalue weighted by Gasteiger charge is 2.29. The Bertz CT molecular complexity index is 1040. The third-order valence-electron chi connectivity index (χ3n) is 6.88. The summed E-state index contributed by atoms with van der Waals surface area (Å²) in [5.74, 6) is 0.0876. The van der Waals surface area contributed by atoms with E-state index in [1.54, 1.807) is 0 Å². The number of nitrogens with zero attached hydrogens (tertiary/aromatic N) is 2. The Morgan fingerprint density at radius 2 is 1.50 bits per heavy atom. The number of carbonyl (C=O) groups excluding carboxylic acids is 1. The highest BCUT2D eigenvalue weighted by atomic mass is 16.1. The van der Waals surface area contributed by atoms with E-state index in [1.165, 1.54) is 29.5 Å². The summed E-state index contributed by atoms with van der Waals surface area (Å²) in [6, 6.07) is 27.9. The average molecular weight is 426 g/mol. The normalized spacial score (nSPS) is 18.9. The second kappa shape index (κ2) is 9.68. The third kappa shape index (κ3) is 4.77. The van der Waals surface area contributed by atoms with Gasteiger partial charge in [-0.15, -0.1) is 0 Å². The minimum atomic E-state index is 0.0876.